The van der Waals surface area contributed by atoms with Crippen molar-refractivity contribution in [2.24, 2.45) is 0 Å². The minimum Gasteiger partial charge on any atom is -0.359 e. The van der Waals surface area contributed by atoms with Crippen molar-refractivity contribution in [1.82, 2.24) is 15.8 Å². The molecule has 5 N–H and O–H groups in total. The van der Waals surface area contributed by atoms with Crippen LogP contribution in [0.15, 0.2) is 18.2 Å². The molecule has 8 heteroatoms. The summed E-state index contributed by atoms with van der Waals surface area (Å²) in [4.78, 5) is 26.6. The van der Waals surface area contributed by atoms with Gasteiger partial charge in [0.25, 0.3) is 5.91 Å². The van der Waals surface area contributed by atoms with E-state index in [1.165, 1.54) is 12.1 Å². The van der Waals surface area contributed by atoms with Crippen molar-refractivity contribution in [2.75, 3.05) is 11.9 Å². The predicted molar refractivity (Wildman–Crippen MR) is 99.4 cm³/mol. The monoisotopic (exact) mass is 372 g/mol. The lowest BCUT2D eigenvalue weighted by molar-refractivity contribution is -0.129. The second-order valence-corrected chi connectivity index (χ2v) is 6.43. The summed E-state index contributed by atoms with van der Waals surface area (Å²) in [5.74, 6) is -1.11. The Kier molecular flexibility index (Phi) is 5.38. The highest BCUT2D eigenvalue weighted by atomic mass is 19.1. The van der Waals surface area contributed by atoms with Gasteiger partial charge in [-0.3, -0.25) is 14.8 Å². The van der Waals surface area contributed by atoms with Crippen molar-refractivity contribution in [2.45, 2.75) is 26.8 Å². The van der Waals surface area contributed by atoms with Crippen molar-refractivity contribution in [3.63, 3.8) is 0 Å². The SMILES string of the molecule is Cc1[nH]c(/C=C2\C(=O)Nc3ccc(F)cc32)c(C)c1CNCCC(=O)NO. The van der Waals surface area contributed by atoms with Crippen molar-refractivity contribution in [3.8, 4) is 0 Å². The summed E-state index contributed by atoms with van der Waals surface area (Å²) in [5, 5.41) is 14.4. The molecule has 1 aliphatic rings. The quantitative estimate of drug-likeness (QED) is 0.232. The number of H-pyrrole nitrogens is 1. The normalized spacial score (nSPS) is 14.4. The lowest BCUT2D eigenvalue weighted by Gasteiger charge is -2.05. The van der Waals surface area contributed by atoms with E-state index in [1.54, 1.807) is 17.6 Å². The summed E-state index contributed by atoms with van der Waals surface area (Å²) >= 11 is 0. The van der Waals surface area contributed by atoms with Gasteiger partial charge in [0, 0.05) is 42.1 Å². The van der Waals surface area contributed by atoms with Gasteiger partial charge in [-0.2, -0.15) is 0 Å². The van der Waals surface area contributed by atoms with E-state index >= 15 is 0 Å². The van der Waals surface area contributed by atoms with Gasteiger partial charge in [0.15, 0.2) is 0 Å². The first kappa shape index (κ1) is 18.8. The van der Waals surface area contributed by atoms with Crippen molar-refractivity contribution in [3.05, 3.63) is 52.1 Å². The minimum atomic E-state index is -0.450. The molecule has 0 atom stereocenters. The number of rotatable bonds is 6. The van der Waals surface area contributed by atoms with Crippen LogP contribution >= 0.6 is 0 Å². The molecule has 0 spiro atoms. The molecule has 0 radical (unpaired) electrons. The molecule has 2 heterocycles. The molecule has 0 saturated carbocycles. The topological polar surface area (TPSA) is 106 Å². The van der Waals surface area contributed by atoms with Crippen molar-refractivity contribution < 1.29 is 19.2 Å². The fourth-order valence-corrected chi connectivity index (χ4v) is 3.14. The van der Waals surface area contributed by atoms with Gasteiger partial charge in [-0.05, 0) is 49.2 Å². The average Bonchev–Trinajstić information content (AvgIpc) is 3.08. The maximum absolute atomic E-state index is 13.6. The van der Waals surface area contributed by atoms with Gasteiger partial charge in [0.1, 0.15) is 5.82 Å². The van der Waals surface area contributed by atoms with Crippen LogP contribution in [-0.2, 0) is 16.1 Å². The number of hydrogen-bond acceptors (Lipinski definition) is 4. The van der Waals surface area contributed by atoms with Gasteiger partial charge >= 0.3 is 0 Å². The van der Waals surface area contributed by atoms with E-state index < -0.39 is 11.7 Å². The van der Waals surface area contributed by atoms with Crippen LogP contribution in [0.2, 0.25) is 0 Å². The molecule has 1 aliphatic heterocycles. The Balaban J connectivity index is 1.81. The number of hydroxylamine groups is 1. The lowest BCUT2D eigenvalue weighted by Crippen LogP contribution is -2.25. The van der Waals surface area contributed by atoms with E-state index in [1.807, 2.05) is 13.8 Å². The number of nitrogens with one attached hydrogen (secondary N) is 4. The first-order chi connectivity index (χ1) is 12.9. The molecule has 2 aromatic rings. The van der Waals surface area contributed by atoms with E-state index in [0.717, 1.165) is 22.5 Å². The van der Waals surface area contributed by atoms with E-state index in [2.05, 4.69) is 15.6 Å². The molecule has 0 bridgehead atoms. The van der Waals surface area contributed by atoms with Crippen molar-refractivity contribution in [1.29, 1.82) is 0 Å². The van der Waals surface area contributed by atoms with Gasteiger partial charge in [0.2, 0.25) is 5.91 Å². The van der Waals surface area contributed by atoms with Crippen LogP contribution in [0.1, 0.15) is 34.5 Å². The number of anilines is 1. The maximum Gasteiger partial charge on any atom is 0.256 e. The molecule has 1 aromatic heterocycles. The van der Waals surface area contributed by atoms with Crippen LogP contribution in [-0.4, -0.2) is 28.6 Å². The van der Waals surface area contributed by atoms with E-state index in [4.69, 9.17) is 5.21 Å². The molecule has 1 aromatic carbocycles. The molecule has 0 unspecified atom stereocenters. The molecular formula is C19H21FN4O3. The van der Waals surface area contributed by atoms with Gasteiger partial charge in [0.05, 0.1) is 5.57 Å². The third kappa shape index (κ3) is 3.91. The van der Waals surface area contributed by atoms with Gasteiger partial charge in [-0.25, -0.2) is 9.87 Å². The summed E-state index contributed by atoms with van der Waals surface area (Å²) in [7, 11) is 0. The second kappa shape index (κ2) is 7.73. The summed E-state index contributed by atoms with van der Waals surface area (Å²) < 4.78 is 13.6. The summed E-state index contributed by atoms with van der Waals surface area (Å²) in [6.07, 6.45) is 1.89. The number of fused-ring (bicyclic) bond motifs is 1. The second-order valence-electron chi connectivity index (χ2n) is 6.43. The lowest BCUT2D eigenvalue weighted by atomic mass is 10.0. The number of aryl methyl sites for hydroxylation is 1. The summed E-state index contributed by atoms with van der Waals surface area (Å²) in [5.41, 5.74) is 6.86. The zero-order chi connectivity index (χ0) is 19.6. The summed E-state index contributed by atoms with van der Waals surface area (Å²) in [6.45, 7) is 4.82. The Morgan fingerprint density at radius 3 is 2.85 bits per heavy atom. The average molecular weight is 372 g/mol. The van der Waals surface area contributed by atoms with Crippen LogP contribution in [0.5, 0.6) is 0 Å². The maximum atomic E-state index is 13.6. The Morgan fingerprint density at radius 2 is 2.11 bits per heavy atom. The number of hydrogen-bond donors (Lipinski definition) is 5. The number of carbonyl (C=O) groups is 2. The van der Waals surface area contributed by atoms with Gasteiger partial charge in [-0.15, -0.1) is 0 Å². The number of aromatic nitrogens is 1. The number of halogens is 1. The zero-order valence-corrected chi connectivity index (χ0v) is 15.1. The van der Waals surface area contributed by atoms with E-state index in [9.17, 15) is 14.0 Å². The van der Waals surface area contributed by atoms with Crippen LogP contribution in [0, 0.1) is 19.7 Å². The smallest absolute Gasteiger partial charge is 0.256 e. The molecule has 0 fully saturated rings. The van der Waals surface area contributed by atoms with Crippen molar-refractivity contribution >= 4 is 29.2 Å². The molecule has 2 amide bonds. The third-order valence-corrected chi connectivity index (χ3v) is 4.64. The zero-order valence-electron chi connectivity index (χ0n) is 15.1. The van der Waals surface area contributed by atoms with E-state index in [-0.39, 0.29) is 12.3 Å². The molecule has 0 saturated heterocycles. The fraction of sp³-hybridized carbons (Fsp3) is 0.263. The molecule has 142 valence electrons. The standard InChI is InChI=1S/C19H21FN4O3/c1-10-15(9-21-6-5-18(25)24-27)11(2)22-17(10)8-14-13-7-12(20)3-4-16(13)23-19(14)26/h3-4,7-8,21-22,27H,5-6,9H2,1-2H3,(H,23,26)(H,24,25)/b14-8-. The Labute approximate surface area is 155 Å². The first-order valence-electron chi connectivity index (χ1n) is 8.55. The predicted octanol–water partition coefficient (Wildman–Crippen LogP) is 2.25. The summed E-state index contributed by atoms with van der Waals surface area (Å²) in [6, 6.07) is 4.21. The van der Waals surface area contributed by atoms with Crippen LogP contribution in [0.25, 0.3) is 11.6 Å². The number of aromatic amines is 1. The Bertz CT molecular complexity index is 933. The highest BCUT2D eigenvalue weighted by molar-refractivity contribution is 6.34. The van der Waals surface area contributed by atoms with Gasteiger partial charge < -0.3 is 15.6 Å². The molecular weight excluding hydrogens is 351 g/mol. The highest BCUT2D eigenvalue weighted by Crippen LogP contribution is 2.34. The van der Waals surface area contributed by atoms with Gasteiger partial charge in [-0.1, -0.05) is 0 Å². The van der Waals surface area contributed by atoms with Crippen LogP contribution in [0.3, 0.4) is 0 Å². The number of benzene rings is 1. The Hall–Kier alpha value is -2.97. The first-order valence-corrected chi connectivity index (χ1v) is 8.55. The number of carbonyl (C=O) groups excluding carboxylic acids is 2. The molecule has 27 heavy (non-hydrogen) atoms. The van der Waals surface area contributed by atoms with Crippen LogP contribution < -0.4 is 16.1 Å². The fourth-order valence-electron chi connectivity index (χ4n) is 3.14. The molecule has 3 rings (SSSR count). The largest absolute Gasteiger partial charge is 0.359 e. The van der Waals surface area contributed by atoms with E-state index in [0.29, 0.717) is 29.9 Å². The number of amides is 2. The molecule has 0 aliphatic carbocycles. The van der Waals surface area contributed by atoms with Crippen LogP contribution in [0.4, 0.5) is 10.1 Å². The molecule has 7 nitrogen and oxygen atoms in total. The Morgan fingerprint density at radius 1 is 1.33 bits per heavy atom. The third-order valence-electron chi connectivity index (χ3n) is 4.64. The highest BCUT2D eigenvalue weighted by Gasteiger charge is 2.25. The minimum absolute atomic E-state index is 0.165.